The molecule has 1 heterocycles. The van der Waals surface area contributed by atoms with Gasteiger partial charge in [-0.3, -0.25) is 4.98 Å². The van der Waals surface area contributed by atoms with Crippen molar-refractivity contribution in [2.24, 2.45) is 5.11 Å². The summed E-state index contributed by atoms with van der Waals surface area (Å²) in [6, 6.07) is 19.5. The van der Waals surface area contributed by atoms with Crippen LogP contribution in [-0.2, 0) is 0 Å². The maximum Gasteiger partial charge on any atom is 0.145 e. The lowest BCUT2D eigenvalue weighted by molar-refractivity contribution is 1.18. The van der Waals surface area contributed by atoms with Crippen LogP contribution in [0, 0.1) is 0 Å². The van der Waals surface area contributed by atoms with Crippen LogP contribution in [0.4, 0.5) is 5.82 Å². The molecule has 0 bridgehead atoms. The largest absolute Gasteiger partial charge is 0.252 e. The fraction of sp³-hybridized carbons (Fsp3) is 0. The molecule has 0 fully saturated rings. The Morgan fingerprint density at radius 1 is 0.810 bits per heavy atom. The summed E-state index contributed by atoms with van der Waals surface area (Å²) < 4.78 is 0. The van der Waals surface area contributed by atoms with Crippen molar-refractivity contribution >= 4 is 5.82 Å². The van der Waals surface area contributed by atoms with E-state index in [2.05, 4.69) is 20.0 Å². The van der Waals surface area contributed by atoms with Crippen LogP contribution in [0.15, 0.2) is 72.0 Å². The average Bonchev–Trinajstić information content (AvgIpc) is 2.57. The second-order valence-electron chi connectivity index (χ2n) is 4.35. The smallest absolute Gasteiger partial charge is 0.145 e. The standard InChI is InChI=1S/C16H11N5/c17-21-20-14-11-18-15(12-7-3-1-4-8-12)16(19-14)13-9-5-2-6-10-13/h1-11H. The minimum absolute atomic E-state index is 0.260. The van der Waals surface area contributed by atoms with E-state index in [-0.39, 0.29) is 5.82 Å². The zero-order valence-corrected chi connectivity index (χ0v) is 11.1. The topological polar surface area (TPSA) is 74.5 Å². The molecular weight excluding hydrogens is 262 g/mol. The molecule has 0 radical (unpaired) electrons. The number of azide groups is 1. The molecule has 1 aromatic heterocycles. The van der Waals surface area contributed by atoms with Gasteiger partial charge in [0.05, 0.1) is 17.6 Å². The molecule has 0 aliphatic heterocycles. The van der Waals surface area contributed by atoms with Crippen molar-refractivity contribution in [2.75, 3.05) is 0 Å². The van der Waals surface area contributed by atoms with Gasteiger partial charge in [-0.2, -0.15) is 0 Å². The van der Waals surface area contributed by atoms with E-state index in [1.807, 2.05) is 60.7 Å². The molecule has 0 saturated heterocycles. The zero-order valence-electron chi connectivity index (χ0n) is 11.1. The maximum absolute atomic E-state index is 8.56. The molecule has 0 atom stereocenters. The molecule has 0 aliphatic carbocycles. The first-order chi connectivity index (χ1) is 10.4. The molecule has 0 N–H and O–H groups in total. The van der Waals surface area contributed by atoms with Gasteiger partial charge in [0.2, 0.25) is 0 Å². The van der Waals surface area contributed by atoms with Gasteiger partial charge in [0, 0.05) is 16.0 Å². The monoisotopic (exact) mass is 273 g/mol. The highest BCUT2D eigenvalue weighted by Gasteiger charge is 2.11. The molecule has 0 saturated carbocycles. The number of hydrogen-bond acceptors (Lipinski definition) is 3. The van der Waals surface area contributed by atoms with Gasteiger partial charge in [-0.05, 0) is 10.6 Å². The van der Waals surface area contributed by atoms with Crippen LogP contribution >= 0.6 is 0 Å². The van der Waals surface area contributed by atoms with Gasteiger partial charge in [0.25, 0.3) is 0 Å². The van der Waals surface area contributed by atoms with Crippen molar-refractivity contribution in [3.8, 4) is 22.5 Å². The Hall–Kier alpha value is -3.17. The lowest BCUT2D eigenvalue weighted by Crippen LogP contribution is -1.92. The summed E-state index contributed by atoms with van der Waals surface area (Å²) in [4.78, 5) is 11.6. The normalized spacial score (nSPS) is 9.90. The SMILES string of the molecule is [N-]=[N+]=Nc1cnc(-c2ccccc2)c(-c2ccccc2)n1. The van der Waals surface area contributed by atoms with Crippen LogP contribution in [0.25, 0.3) is 33.0 Å². The number of nitrogens with zero attached hydrogens (tertiary/aromatic N) is 5. The number of hydrogen-bond donors (Lipinski definition) is 0. The van der Waals surface area contributed by atoms with Crippen molar-refractivity contribution < 1.29 is 0 Å². The molecule has 0 spiro atoms. The van der Waals surface area contributed by atoms with Crippen molar-refractivity contribution in [3.63, 3.8) is 0 Å². The van der Waals surface area contributed by atoms with Crippen LogP contribution in [0.1, 0.15) is 0 Å². The quantitative estimate of drug-likeness (QED) is 0.392. The third-order valence-corrected chi connectivity index (χ3v) is 3.00. The van der Waals surface area contributed by atoms with E-state index < -0.39 is 0 Å². The molecule has 5 heteroatoms. The van der Waals surface area contributed by atoms with E-state index in [1.54, 1.807) is 0 Å². The molecule has 0 amide bonds. The van der Waals surface area contributed by atoms with E-state index in [9.17, 15) is 0 Å². The average molecular weight is 273 g/mol. The van der Waals surface area contributed by atoms with Gasteiger partial charge in [-0.1, -0.05) is 60.7 Å². The van der Waals surface area contributed by atoms with E-state index in [4.69, 9.17) is 5.53 Å². The van der Waals surface area contributed by atoms with Crippen molar-refractivity contribution in [1.29, 1.82) is 0 Å². The Kier molecular flexibility index (Phi) is 3.58. The van der Waals surface area contributed by atoms with Gasteiger partial charge >= 0.3 is 0 Å². The Morgan fingerprint density at radius 3 is 1.95 bits per heavy atom. The molecular formula is C16H11N5. The van der Waals surface area contributed by atoms with Crippen LogP contribution in [0.5, 0.6) is 0 Å². The minimum atomic E-state index is 0.260. The summed E-state index contributed by atoms with van der Waals surface area (Å²) in [5, 5.41) is 3.53. The first-order valence-electron chi connectivity index (χ1n) is 6.41. The van der Waals surface area contributed by atoms with E-state index in [1.165, 1.54) is 6.20 Å². The number of rotatable bonds is 3. The number of benzene rings is 2. The van der Waals surface area contributed by atoms with Gasteiger partial charge in [0.1, 0.15) is 5.82 Å². The molecule has 3 rings (SSSR count). The molecule has 21 heavy (non-hydrogen) atoms. The zero-order chi connectivity index (χ0) is 14.5. The fourth-order valence-electron chi connectivity index (χ4n) is 2.08. The van der Waals surface area contributed by atoms with E-state index >= 15 is 0 Å². The molecule has 100 valence electrons. The van der Waals surface area contributed by atoms with Gasteiger partial charge < -0.3 is 0 Å². The highest BCUT2D eigenvalue weighted by atomic mass is 15.2. The van der Waals surface area contributed by atoms with Gasteiger partial charge in [-0.25, -0.2) is 4.98 Å². The predicted molar refractivity (Wildman–Crippen MR) is 81.7 cm³/mol. The molecule has 0 unspecified atom stereocenters. The molecule has 3 aromatic rings. The second kappa shape index (κ2) is 5.86. The summed E-state index contributed by atoms with van der Waals surface area (Å²) in [5.74, 6) is 0.260. The predicted octanol–water partition coefficient (Wildman–Crippen LogP) is 4.75. The Bertz CT molecular complexity index is 793. The fourth-order valence-corrected chi connectivity index (χ4v) is 2.08. The highest BCUT2D eigenvalue weighted by molar-refractivity contribution is 5.78. The molecule has 5 nitrogen and oxygen atoms in total. The van der Waals surface area contributed by atoms with Crippen molar-refractivity contribution in [3.05, 3.63) is 77.3 Å². The first kappa shape index (κ1) is 12.8. The lowest BCUT2D eigenvalue weighted by atomic mass is 10.0. The molecule has 0 aliphatic rings. The summed E-state index contributed by atoms with van der Waals surface area (Å²) in [5.41, 5.74) is 11.9. The van der Waals surface area contributed by atoms with Crippen molar-refractivity contribution in [2.45, 2.75) is 0 Å². The Labute approximate surface area is 121 Å². The summed E-state index contributed by atoms with van der Waals surface area (Å²) in [6.45, 7) is 0. The van der Waals surface area contributed by atoms with Crippen LogP contribution in [0.2, 0.25) is 0 Å². The highest BCUT2D eigenvalue weighted by Crippen LogP contribution is 2.30. The van der Waals surface area contributed by atoms with E-state index in [0.29, 0.717) is 5.69 Å². The van der Waals surface area contributed by atoms with E-state index in [0.717, 1.165) is 16.8 Å². The Balaban J connectivity index is 2.23. The Morgan fingerprint density at radius 2 is 1.38 bits per heavy atom. The second-order valence-corrected chi connectivity index (χ2v) is 4.35. The lowest BCUT2D eigenvalue weighted by Gasteiger charge is -2.08. The molecule has 2 aromatic carbocycles. The maximum atomic E-state index is 8.56. The van der Waals surface area contributed by atoms with Crippen LogP contribution in [-0.4, -0.2) is 9.97 Å². The summed E-state index contributed by atoms with van der Waals surface area (Å²) in [7, 11) is 0. The van der Waals surface area contributed by atoms with Crippen molar-refractivity contribution in [1.82, 2.24) is 9.97 Å². The van der Waals surface area contributed by atoms with Gasteiger partial charge in [0.15, 0.2) is 0 Å². The summed E-state index contributed by atoms with van der Waals surface area (Å²) >= 11 is 0. The van der Waals surface area contributed by atoms with Gasteiger partial charge in [-0.15, -0.1) is 0 Å². The van der Waals surface area contributed by atoms with Crippen LogP contribution < -0.4 is 0 Å². The first-order valence-corrected chi connectivity index (χ1v) is 6.41. The minimum Gasteiger partial charge on any atom is -0.252 e. The third kappa shape index (κ3) is 2.73. The third-order valence-electron chi connectivity index (χ3n) is 3.00. The number of aromatic nitrogens is 2. The van der Waals surface area contributed by atoms with Crippen LogP contribution in [0.3, 0.4) is 0 Å². The summed E-state index contributed by atoms with van der Waals surface area (Å²) in [6.07, 6.45) is 1.48.